The largest absolute Gasteiger partial charge is 0.465 e. The zero-order chi connectivity index (χ0) is 20.4. The fraction of sp³-hybridized carbons (Fsp3) is 0.333. The molecule has 0 spiro atoms. The lowest BCUT2D eigenvalue weighted by atomic mass is 10.2. The van der Waals surface area contributed by atoms with Crippen LogP contribution in [0.25, 0.3) is 0 Å². The van der Waals surface area contributed by atoms with Gasteiger partial charge in [0.2, 0.25) is 0 Å². The summed E-state index contributed by atoms with van der Waals surface area (Å²) >= 11 is 10.1. The summed E-state index contributed by atoms with van der Waals surface area (Å²) in [5.74, 6) is 0.463. The molecule has 0 radical (unpaired) electrons. The van der Waals surface area contributed by atoms with E-state index in [9.17, 15) is 9.59 Å². The van der Waals surface area contributed by atoms with Crippen LogP contribution in [-0.2, 0) is 14.2 Å². The highest BCUT2D eigenvalue weighted by atomic mass is 32.1. The third-order valence-electron chi connectivity index (χ3n) is 2.92. The van der Waals surface area contributed by atoms with Crippen molar-refractivity contribution in [2.24, 2.45) is 0 Å². The quantitative estimate of drug-likeness (QED) is 0.420. The molecule has 4 N–H and O–H groups in total. The van der Waals surface area contributed by atoms with Crippen LogP contribution in [-0.4, -0.2) is 50.0 Å². The van der Waals surface area contributed by atoms with E-state index in [0.717, 1.165) is 0 Å². The molecule has 2 amide bonds. The number of amides is 2. The van der Waals surface area contributed by atoms with Gasteiger partial charge in [-0.05, 0) is 43.5 Å². The van der Waals surface area contributed by atoms with E-state index in [-0.39, 0.29) is 10.2 Å². The van der Waals surface area contributed by atoms with Crippen LogP contribution in [0.15, 0.2) is 18.2 Å². The SMILES string of the molecule is COC(=O)NC(=S)Nc1ccc(OC(C)OC)cc1NC(=S)NC(=O)OC. The third kappa shape index (κ3) is 8.02. The summed E-state index contributed by atoms with van der Waals surface area (Å²) in [5, 5.41) is 10.2. The van der Waals surface area contributed by atoms with Crippen molar-refractivity contribution >= 4 is 58.2 Å². The molecule has 0 saturated carbocycles. The topological polar surface area (TPSA) is 119 Å². The number of hydrogen-bond donors (Lipinski definition) is 4. The molecule has 27 heavy (non-hydrogen) atoms. The Balaban J connectivity index is 3.01. The molecule has 0 heterocycles. The normalized spacial score (nSPS) is 10.8. The fourth-order valence-electron chi connectivity index (χ4n) is 1.64. The molecule has 10 nitrogen and oxygen atoms in total. The van der Waals surface area contributed by atoms with Crippen molar-refractivity contribution in [3.05, 3.63) is 18.2 Å². The van der Waals surface area contributed by atoms with Crippen LogP contribution < -0.4 is 26.0 Å². The Labute approximate surface area is 166 Å². The Kier molecular flexibility index (Phi) is 9.19. The van der Waals surface area contributed by atoms with Gasteiger partial charge in [-0.3, -0.25) is 10.6 Å². The summed E-state index contributed by atoms with van der Waals surface area (Å²) in [4.78, 5) is 22.5. The maximum Gasteiger partial charge on any atom is 0.413 e. The van der Waals surface area contributed by atoms with Gasteiger partial charge < -0.3 is 29.6 Å². The predicted octanol–water partition coefficient (Wildman–Crippen LogP) is 2.16. The molecular weight excluding hydrogens is 396 g/mol. The van der Waals surface area contributed by atoms with Crippen molar-refractivity contribution in [1.82, 2.24) is 10.6 Å². The fourth-order valence-corrected chi connectivity index (χ4v) is 2.03. The van der Waals surface area contributed by atoms with Crippen LogP contribution in [0, 0.1) is 0 Å². The lowest BCUT2D eigenvalue weighted by molar-refractivity contribution is -0.0382. The minimum atomic E-state index is -0.731. The van der Waals surface area contributed by atoms with Crippen LogP contribution in [0.1, 0.15) is 6.92 Å². The Morgan fingerprint density at radius 3 is 1.93 bits per heavy atom. The number of anilines is 2. The van der Waals surface area contributed by atoms with E-state index in [1.54, 1.807) is 25.1 Å². The predicted molar refractivity (Wildman–Crippen MR) is 107 cm³/mol. The molecule has 12 heteroatoms. The first kappa shape index (κ1) is 22.3. The highest BCUT2D eigenvalue weighted by molar-refractivity contribution is 7.80. The zero-order valence-electron chi connectivity index (χ0n) is 15.1. The number of carbonyl (C=O) groups is 2. The Bertz CT molecular complexity index is 716. The van der Waals surface area contributed by atoms with Crippen LogP contribution >= 0.6 is 24.4 Å². The standard InChI is InChI=1S/C15H20N4O6S2/c1-8(22-2)25-9-5-6-10(16-12(26)18-14(20)23-3)11(7-9)17-13(27)19-15(21)24-4/h5-8H,1-4H3,(H2,16,18,20,26)(H2,17,19,21,27). The minimum absolute atomic E-state index is 0.00401. The first-order valence-electron chi connectivity index (χ1n) is 7.44. The van der Waals surface area contributed by atoms with Gasteiger partial charge in [0.15, 0.2) is 16.5 Å². The first-order valence-corrected chi connectivity index (χ1v) is 8.26. The summed E-state index contributed by atoms with van der Waals surface area (Å²) in [5.41, 5.74) is 0.856. The lowest BCUT2D eigenvalue weighted by Gasteiger charge is -2.18. The van der Waals surface area contributed by atoms with Gasteiger partial charge in [-0.25, -0.2) is 9.59 Å². The Hall–Kier alpha value is -2.70. The number of methoxy groups -OCH3 is 3. The van der Waals surface area contributed by atoms with Gasteiger partial charge in [0.05, 0.1) is 25.6 Å². The summed E-state index contributed by atoms with van der Waals surface area (Å²) in [6, 6.07) is 4.89. The number of alkyl carbamates (subject to hydrolysis) is 2. The van der Waals surface area contributed by atoms with Gasteiger partial charge in [0, 0.05) is 13.2 Å². The molecule has 0 aliphatic carbocycles. The molecule has 0 fully saturated rings. The number of nitrogens with one attached hydrogen (secondary N) is 4. The van der Waals surface area contributed by atoms with Crippen LogP contribution in [0.3, 0.4) is 0 Å². The second-order valence-electron chi connectivity index (χ2n) is 4.77. The van der Waals surface area contributed by atoms with E-state index < -0.39 is 18.5 Å². The molecule has 148 valence electrons. The summed E-state index contributed by atoms with van der Waals surface area (Å²) in [7, 11) is 3.93. The number of ether oxygens (including phenoxy) is 4. The van der Waals surface area contributed by atoms with E-state index in [1.165, 1.54) is 21.3 Å². The van der Waals surface area contributed by atoms with Crippen molar-refractivity contribution in [3.63, 3.8) is 0 Å². The number of benzene rings is 1. The molecule has 0 saturated heterocycles. The van der Waals surface area contributed by atoms with Gasteiger partial charge in [0.25, 0.3) is 0 Å². The highest BCUT2D eigenvalue weighted by Crippen LogP contribution is 2.28. The summed E-state index contributed by atoms with van der Waals surface area (Å²) in [6.07, 6.45) is -1.94. The van der Waals surface area contributed by atoms with Gasteiger partial charge >= 0.3 is 12.2 Å². The average molecular weight is 416 g/mol. The van der Waals surface area contributed by atoms with Crippen molar-refractivity contribution in [2.75, 3.05) is 32.0 Å². The first-order chi connectivity index (χ1) is 12.8. The number of carbonyl (C=O) groups excluding carboxylic acids is 2. The zero-order valence-corrected chi connectivity index (χ0v) is 16.7. The summed E-state index contributed by atoms with van der Waals surface area (Å²) < 4.78 is 19.6. The second-order valence-corrected chi connectivity index (χ2v) is 5.59. The number of thiocarbonyl (C=S) groups is 2. The van der Waals surface area contributed by atoms with Crippen LogP contribution in [0.2, 0.25) is 0 Å². The Morgan fingerprint density at radius 2 is 1.44 bits per heavy atom. The molecule has 1 aromatic carbocycles. The van der Waals surface area contributed by atoms with E-state index in [4.69, 9.17) is 33.9 Å². The second kappa shape index (κ2) is 11.1. The minimum Gasteiger partial charge on any atom is -0.465 e. The van der Waals surface area contributed by atoms with Gasteiger partial charge in [0.1, 0.15) is 5.75 Å². The molecule has 1 aromatic rings. The summed E-state index contributed by atoms with van der Waals surface area (Å²) in [6.45, 7) is 1.72. The maximum absolute atomic E-state index is 11.3. The third-order valence-corrected chi connectivity index (χ3v) is 3.33. The molecule has 0 bridgehead atoms. The average Bonchev–Trinajstić information content (AvgIpc) is 2.63. The molecule has 0 aromatic heterocycles. The van der Waals surface area contributed by atoms with Crippen LogP contribution in [0.4, 0.5) is 21.0 Å². The molecule has 1 rings (SSSR count). The monoisotopic (exact) mass is 416 g/mol. The number of hydrogen-bond acceptors (Lipinski definition) is 8. The van der Waals surface area contributed by atoms with Gasteiger partial charge in [-0.1, -0.05) is 0 Å². The molecule has 1 atom stereocenters. The van der Waals surface area contributed by atoms with Gasteiger partial charge in [-0.15, -0.1) is 0 Å². The smallest absolute Gasteiger partial charge is 0.413 e. The van der Waals surface area contributed by atoms with Crippen molar-refractivity contribution in [1.29, 1.82) is 0 Å². The van der Waals surface area contributed by atoms with Gasteiger partial charge in [-0.2, -0.15) is 0 Å². The lowest BCUT2D eigenvalue weighted by Crippen LogP contribution is -2.35. The van der Waals surface area contributed by atoms with Crippen molar-refractivity contribution < 1.29 is 28.5 Å². The highest BCUT2D eigenvalue weighted by Gasteiger charge is 2.12. The number of rotatable bonds is 5. The molecule has 0 aliphatic heterocycles. The molecule has 0 aliphatic rings. The molecular formula is C15H20N4O6S2. The van der Waals surface area contributed by atoms with E-state index in [0.29, 0.717) is 17.1 Å². The van der Waals surface area contributed by atoms with Crippen molar-refractivity contribution in [3.8, 4) is 5.75 Å². The van der Waals surface area contributed by atoms with Crippen molar-refractivity contribution in [2.45, 2.75) is 13.2 Å². The Morgan fingerprint density at radius 1 is 0.926 bits per heavy atom. The van der Waals surface area contributed by atoms with Crippen LogP contribution in [0.5, 0.6) is 5.75 Å². The maximum atomic E-state index is 11.3. The van der Waals surface area contributed by atoms with E-state index in [2.05, 4.69) is 30.7 Å². The molecule has 1 unspecified atom stereocenters. The van der Waals surface area contributed by atoms with E-state index >= 15 is 0 Å². The van der Waals surface area contributed by atoms with E-state index in [1.807, 2.05) is 0 Å².